The number of allylic oxidation sites excluding steroid dienone is 1. The Kier molecular flexibility index (Phi) is 7.50. The first kappa shape index (κ1) is 19.8. The van der Waals surface area contributed by atoms with E-state index in [1.807, 2.05) is 0 Å². The number of carbonyl (C=O) groups excluding carboxylic acids is 3. The molecule has 0 amide bonds. The van der Waals surface area contributed by atoms with Crippen LogP contribution in [-0.2, 0) is 23.9 Å². The quantitative estimate of drug-likeness (QED) is 0.484. The summed E-state index contributed by atoms with van der Waals surface area (Å²) in [5, 5.41) is 0. The van der Waals surface area contributed by atoms with Crippen molar-refractivity contribution in [2.75, 3.05) is 6.61 Å². The van der Waals surface area contributed by atoms with Crippen molar-refractivity contribution in [3.63, 3.8) is 0 Å². The summed E-state index contributed by atoms with van der Waals surface area (Å²) >= 11 is 0. The van der Waals surface area contributed by atoms with Gasteiger partial charge >= 0.3 is 11.9 Å². The average molecular weight is 308 g/mol. The fraction of sp³-hybridized carbons (Fsp3) is 0.471. The molecular formula is C17H24O5. The Labute approximate surface area is 131 Å². The molecule has 0 saturated carbocycles. The Morgan fingerprint density at radius 2 is 1.41 bits per heavy atom. The first-order chi connectivity index (χ1) is 9.98. The van der Waals surface area contributed by atoms with Crippen molar-refractivity contribution in [2.45, 2.75) is 46.1 Å². The third-order valence-electron chi connectivity index (χ3n) is 2.90. The largest absolute Gasteiger partial charge is 0.458 e. The van der Waals surface area contributed by atoms with Crippen LogP contribution in [0.3, 0.4) is 0 Å². The Morgan fingerprint density at radius 3 is 1.82 bits per heavy atom. The highest BCUT2D eigenvalue weighted by Gasteiger charge is 2.32. The molecule has 0 heterocycles. The number of ketones is 1. The lowest BCUT2D eigenvalue weighted by molar-refractivity contribution is -0.166. The third-order valence-corrected chi connectivity index (χ3v) is 2.90. The summed E-state index contributed by atoms with van der Waals surface area (Å²) in [5.41, 5.74) is -0.227. The van der Waals surface area contributed by atoms with Gasteiger partial charge in [-0.05, 0) is 39.7 Å². The lowest BCUT2D eigenvalue weighted by Crippen LogP contribution is -2.38. The Bertz CT molecular complexity index is 483. The van der Waals surface area contributed by atoms with E-state index < -0.39 is 17.5 Å². The van der Waals surface area contributed by atoms with Gasteiger partial charge in [0.25, 0.3) is 0 Å². The fourth-order valence-electron chi connectivity index (χ4n) is 1.40. The lowest BCUT2D eigenvalue weighted by Gasteiger charge is -2.29. The predicted octanol–water partition coefficient (Wildman–Crippen LogP) is 2.91. The summed E-state index contributed by atoms with van der Waals surface area (Å²) in [4.78, 5) is 34.9. The van der Waals surface area contributed by atoms with E-state index in [2.05, 4.69) is 19.7 Å². The van der Waals surface area contributed by atoms with Crippen molar-refractivity contribution in [3.8, 4) is 0 Å². The molecule has 122 valence electrons. The predicted molar refractivity (Wildman–Crippen MR) is 84.1 cm³/mol. The third kappa shape index (κ3) is 7.02. The van der Waals surface area contributed by atoms with Crippen LogP contribution in [-0.4, -0.2) is 29.9 Å². The maximum Gasteiger partial charge on any atom is 0.333 e. The minimum Gasteiger partial charge on any atom is -0.458 e. The minimum absolute atomic E-state index is 0.135. The molecule has 0 aromatic heterocycles. The summed E-state index contributed by atoms with van der Waals surface area (Å²) in [5.74, 6) is -1.32. The second-order valence-corrected chi connectivity index (χ2v) is 5.68. The van der Waals surface area contributed by atoms with E-state index in [1.165, 1.54) is 13.8 Å². The number of carbonyl (C=O) groups is 3. The maximum atomic E-state index is 11.7. The molecule has 0 fully saturated rings. The smallest absolute Gasteiger partial charge is 0.333 e. The van der Waals surface area contributed by atoms with Gasteiger partial charge in [0.15, 0.2) is 5.78 Å². The Balaban J connectivity index is 4.95. The van der Waals surface area contributed by atoms with Crippen LogP contribution in [0.2, 0.25) is 0 Å². The first-order valence-electron chi connectivity index (χ1n) is 6.88. The molecule has 0 spiro atoms. The van der Waals surface area contributed by atoms with Crippen LogP contribution in [0.4, 0.5) is 0 Å². The number of ether oxygens (including phenoxy) is 2. The Morgan fingerprint density at radius 1 is 0.909 bits per heavy atom. The van der Waals surface area contributed by atoms with Crippen LogP contribution in [0, 0.1) is 0 Å². The molecule has 0 aliphatic rings. The van der Waals surface area contributed by atoms with Crippen LogP contribution < -0.4 is 0 Å². The summed E-state index contributed by atoms with van der Waals surface area (Å²) in [6.45, 7) is 16.6. The SMILES string of the molecule is C=C(C)C(=O)CCC(C)(COC(=O)C(=C)C)OC(=O)C(=C)C. The zero-order chi connectivity index (χ0) is 17.5. The summed E-state index contributed by atoms with van der Waals surface area (Å²) in [6, 6.07) is 0. The molecule has 0 N–H and O–H groups in total. The monoisotopic (exact) mass is 308 g/mol. The molecular weight excluding hydrogens is 284 g/mol. The van der Waals surface area contributed by atoms with Gasteiger partial charge in [0, 0.05) is 17.6 Å². The highest BCUT2D eigenvalue weighted by atomic mass is 16.6. The van der Waals surface area contributed by atoms with Crippen molar-refractivity contribution >= 4 is 17.7 Å². The molecule has 0 aromatic carbocycles. The van der Waals surface area contributed by atoms with Crippen LogP contribution >= 0.6 is 0 Å². The van der Waals surface area contributed by atoms with E-state index in [0.29, 0.717) is 5.57 Å². The molecule has 0 saturated heterocycles. The van der Waals surface area contributed by atoms with Gasteiger partial charge in [-0.1, -0.05) is 19.7 Å². The maximum absolute atomic E-state index is 11.7. The van der Waals surface area contributed by atoms with Gasteiger partial charge in [-0.25, -0.2) is 9.59 Å². The summed E-state index contributed by atoms with van der Waals surface area (Å²) in [6.07, 6.45) is 0.348. The van der Waals surface area contributed by atoms with Gasteiger partial charge in [0.05, 0.1) is 0 Å². The molecule has 5 heteroatoms. The standard InChI is InChI=1S/C17H24O5/c1-11(2)14(18)8-9-17(7,22-16(20)13(5)6)10-21-15(19)12(3)4/h1,3,5,8-10H2,2,4,6-7H3. The van der Waals surface area contributed by atoms with Crippen LogP contribution in [0.15, 0.2) is 36.5 Å². The van der Waals surface area contributed by atoms with Gasteiger partial charge < -0.3 is 9.47 Å². The number of rotatable bonds is 9. The van der Waals surface area contributed by atoms with E-state index in [9.17, 15) is 14.4 Å². The van der Waals surface area contributed by atoms with Crippen LogP contribution in [0.1, 0.15) is 40.5 Å². The number of hydrogen-bond donors (Lipinski definition) is 0. The van der Waals surface area contributed by atoms with E-state index in [0.717, 1.165) is 0 Å². The van der Waals surface area contributed by atoms with E-state index in [4.69, 9.17) is 9.47 Å². The summed E-state index contributed by atoms with van der Waals surface area (Å²) < 4.78 is 10.4. The van der Waals surface area contributed by atoms with Gasteiger partial charge in [0.1, 0.15) is 12.2 Å². The van der Waals surface area contributed by atoms with Crippen molar-refractivity contribution in [1.29, 1.82) is 0 Å². The van der Waals surface area contributed by atoms with Gasteiger partial charge in [0.2, 0.25) is 0 Å². The number of Topliss-reactive ketones (excluding diaryl/α,β-unsaturated/α-hetero) is 1. The van der Waals surface area contributed by atoms with Crippen LogP contribution in [0.25, 0.3) is 0 Å². The molecule has 1 atom stereocenters. The van der Waals surface area contributed by atoms with E-state index in [-0.39, 0.29) is 36.4 Å². The normalized spacial score (nSPS) is 12.7. The van der Waals surface area contributed by atoms with E-state index in [1.54, 1.807) is 13.8 Å². The molecule has 0 radical (unpaired) electrons. The van der Waals surface area contributed by atoms with Crippen molar-refractivity contribution in [3.05, 3.63) is 36.5 Å². The zero-order valence-electron chi connectivity index (χ0n) is 13.8. The van der Waals surface area contributed by atoms with Gasteiger partial charge in [-0.15, -0.1) is 0 Å². The molecule has 0 aliphatic carbocycles. The highest BCUT2D eigenvalue weighted by molar-refractivity contribution is 5.94. The molecule has 0 aromatic rings. The molecule has 0 rings (SSSR count). The van der Waals surface area contributed by atoms with Gasteiger partial charge in [-0.2, -0.15) is 0 Å². The average Bonchev–Trinajstić information content (AvgIpc) is 2.41. The van der Waals surface area contributed by atoms with Gasteiger partial charge in [-0.3, -0.25) is 4.79 Å². The van der Waals surface area contributed by atoms with Crippen molar-refractivity contribution in [2.24, 2.45) is 0 Å². The molecule has 22 heavy (non-hydrogen) atoms. The second kappa shape index (κ2) is 8.32. The lowest BCUT2D eigenvalue weighted by atomic mass is 9.97. The topological polar surface area (TPSA) is 69.7 Å². The molecule has 5 nitrogen and oxygen atoms in total. The molecule has 0 aliphatic heterocycles. The highest BCUT2D eigenvalue weighted by Crippen LogP contribution is 2.21. The first-order valence-corrected chi connectivity index (χ1v) is 6.88. The second-order valence-electron chi connectivity index (χ2n) is 5.68. The Hall–Kier alpha value is -2.17. The number of esters is 2. The molecule has 1 unspecified atom stereocenters. The molecule has 0 bridgehead atoms. The van der Waals surface area contributed by atoms with Crippen molar-refractivity contribution < 1.29 is 23.9 Å². The van der Waals surface area contributed by atoms with Crippen molar-refractivity contribution in [1.82, 2.24) is 0 Å². The van der Waals surface area contributed by atoms with Crippen LogP contribution in [0.5, 0.6) is 0 Å². The minimum atomic E-state index is -1.12. The summed E-state index contributed by atoms with van der Waals surface area (Å²) in [7, 11) is 0. The number of hydrogen-bond acceptors (Lipinski definition) is 5. The zero-order valence-corrected chi connectivity index (χ0v) is 13.8. The fourth-order valence-corrected chi connectivity index (χ4v) is 1.40. The van der Waals surface area contributed by atoms with E-state index >= 15 is 0 Å².